The Labute approximate surface area is 202 Å². The summed E-state index contributed by atoms with van der Waals surface area (Å²) in [5, 5.41) is 4.59. The van der Waals surface area contributed by atoms with E-state index in [0.29, 0.717) is 17.7 Å². The lowest BCUT2D eigenvalue weighted by Gasteiger charge is -2.36. The molecule has 1 amide bonds. The number of benzene rings is 1. The lowest BCUT2D eigenvalue weighted by molar-refractivity contribution is -0.132. The van der Waals surface area contributed by atoms with E-state index in [1.54, 1.807) is 0 Å². The van der Waals surface area contributed by atoms with Crippen molar-refractivity contribution in [3.05, 3.63) is 54.4 Å². The van der Waals surface area contributed by atoms with Crippen LogP contribution in [0, 0.1) is 5.92 Å². The SMILES string of the molecule is CCN1CCC[C@H](c2ccc(-c3cc4c(N5CCN(C(=O)C6CC6)CC5)ccnn4c3)cc2)C1. The summed E-state index contributed by atoms with van der Waals surface area (Å²) in [7, 11) is 0. The van der Waals surface area contributed by atoms with Gasteiger partial charge in [-0.05, 0) is 68.0 Å². The minimum Gasteiger partial charge on any atom is -0.366 e. The third-order valence-electron chi connectivity index (χ3n) is 8.01. The summed E-state index contributed by atoms with van der Waals surface area (Å²) in [6.07, 6.45) is 8.77. The molecule has 3 aliphatic rings. The molecule has 2 saturated heterocycles. The molecule has 0 unspecified atom stereocenters. The molecule has 4 heterocycles. The highest BCUT2D eigenvalue weighted by Gasteiger charge is 2.34. The molecular weight excluding hydrogens is 422 g/mol. The van der Waals surface area contributed by atoms with E-state index in [4.69, 9.17) is 0 Å². The molecule has 1 aliphatic carbocycles. The number of piperazine rings is 1. The Morgan fingerprint density at radius 3 is 2.50 bits per heavy atom. The molecule has 0 bridgehead atoms. The predicted octanol–water partition coefficient (Wildman–Crippen LogP) is 4.26. The molecule has 1 saturated carbocycles. The number of likely N-dealkylation sites (tertiary alicyclic amines) is 1. The summed E-state index contributed by atoms with van der Waals surface area (Å²) in [4.78, 5) is 19.5. The summed E-state index contributed by atoms with van der Waals surface area (Å²) >= 11 is 0. The van der Waals surface area contributed by atoms with Gasteiger partial charge in [-0.1, -0.05) is 31.2 Å². The third kappa shape index (κ3) is 4.20. The number of hydrogen-bond acceptors (Lipinski definition) is 4. The quantitative estimate of drug-likeness (QED) is 0.574. The van der Waals surface area contributed by atoms with Crippen molar-refractivity contribution in [2.45, 2.75) is 38.5 Å². The van der Waals surface area contributed by atoms with Crippen molar-refractivity contribution in [1.82, 2.24) is 19.4 Å². The number of carbonyl (C=O) groups excluding carboxylic acids is 1. The van der Waals surface area contributed by atoms with Crippen molar-refractivity contribution in [1.29, 1.82) is 0 Å². The van der Waals surface area contributed by atoms with E-state index in [0.717, 1.165) is 51.1 Å². The van der Waals surface area contributed by atoms with Crippen molar-refractivity contribution >= 4 is 17.1 Å². The molecular formula is C28H35N5O. The Morgan fingerprint density at radius 2 is 1.76 bits per heavy atom. The first-order chi connectivity index (χ1) is 16.7. The van der Waals surface area contributed by atoms with Crippen LogP contribution in [-0.4, -0.2) is 71.1 Å². The van der Waals surface area contributed by atoms with Gasteiger partial charge in [-0.25, -0.2) is 4.52 Å². The van der Waals surface area contributed by atoms with Crippen molar-refractivity contribution in [2.24, 2.45) is 5.92 Å². The molecule has 178 valence electrons. The van der Waals surface area contributed by atoms with E-state index in [2.05, 4.69) is 69.3 Å². The number of carbonyl (C=O) groups is 1. The zero-order chi connectivity index (χ0) is 23.1. The highest BCUT2D eigenvalue weighted by molar-refractivity contribution is 5.82. The lowest BCUT2D eigenvalue weighted by Crippen LogP contribution is -2.49. The van der Waals surface area contributed by atoms with Crippen molar-refractivity contribution in [3.8, 4) is 11.1 Å². The molecule has 6 rings (SSSR count). The monoisotopic (exact) mass is 457 g/mol. The van der Waals surface area contributed by atoms with Gasteiger partial charge < -0.3 is 14.7 Å². The number of nitrogens with zero attached hydrogens (tertiary/aromatic N) is 5. The Bertz CT molecular complexity index is 1160. The van der Waals surface area contributed by atoms with Gasteiger partial charge in [0.15, 0.2) is 0 Å². The van der Waals surface area contributed by atoms with E-state index in [1.165, 1.54) is 48.3 Å². The largest absolute Gasteiger partial charge is 0.366 e. The molecule has 34 heavy (non-hydrogen) atoms. The average Bonchev–Trinajstić information content (AvgIpc) is 3.66. The van der Waals surface area contributed by atoms with E-state index in [1.807, 2.05) is 10.7 Å². The number of rotatable bonds is 5. The minimum absolute atomic E-state index is 0.308. The number of hydrogen-bond donors (Lipinski definition) is 0. The molecule has 1 aromatic carbocycles. The van der Waals surface area contributed by atoms with Crippen LogP contribution < -0.4 is 4.90 Å². The molecule has 6 nitrogen and oxygen atoms in total. The molecule has 1 atom stereocenters. The second kappa shape index (κ2) is 9.06. The van der Waals surface area contributed by atoms with Gasteiger partial charge in [0.1, 0.15) is 0 Å². The molecule has 6 heteroatoms. The molecule has 0 N–H and O–H groups in total. The van der Waals surface area contributed by atoms with Crippen LogP contribution in [0.2, 0.25) is 0 Å². The highest BCUT2D eigenvalue weighted by Crippen LogP contribution is 2.33. The van der Waals surface area contributed by atoms with E-state index >= 15 is 0 Å². The smallest absolute Gasteiger partial charge is 0.225 e. The molecule has 2 aromatic heterocycles. The maximum atomic E-state index is 12.4. The average molecular weight is 458 g/mol. The van der Waals surface area contributed by atoms with Gasteiger partial charge in [-0.15, -0.1) is 0 Å². The van der Waals surface area contributed by atoms with Crippen molar-refractivity contribution in [2.75, 3.05) is 50.7 Å². The van der Waals surface area contributed by atoms with Gasteiger partial charge >= 0.3 is 0 Å². The molecule has 3 aromatic rings. The Kier molecular flexibility index (Phi) is 5.77. The van der Waals surface area contributed by atoms with E-state index in [9.17, 15) is 4.79 Å². The Hall–Kier alpha value is -2.86. The highest BCUT2D eigenvalue weighted by atomic mass is 16.2. The van der Waals surface area contributed by atoms with Gasteiger partial charge in [0.2, 0.25) is 5.91 Å². The number of piperidine rings is 1. The first-order valence-corrected chi connectivity index (χ1v) is 13.0. The van der Waals surface area contributed by atoms with E-state index < -0.39 is 0 Å². The number of fused-ring (bicyclic) bond motifs is 1. The van der Waals surface area contributed by atoms with Crippen LogP contribution in [0.1, 0.15) is 44.1 Å². The third-order valence-corrected chi connectivity index (χ3v) is 8.01. The summed E-state index contributed by atoms with van der Waals surface area (Å²) in [6, 6.07) is 13.6. The minimum atomic E-state index is 0.308. The fourth-order valence-corrected chi connectivity index (χ4v) is 5.74. The summed E-state index contributed by atoms with van der Waals surface area (Å²) in [5.74, 6) is 1.32. The van der Waals surface area contributed by atoms with Crippen LogP contribution >= 0.6 is 0 Å². The first-order valence-electron chi connectivity index (χ1n) is 13.0. The maximum Gasteiger partial charge on any atom is 0.225 e. The number of likely N-dealkylation sites (N-methyl/N-ethyl adjacent to an activating group) is 1. The number of anilines is 1. The molecule has 2 aliphatic heterocycles. The van der Waals surface area contributed by atoms with Gasteiger partial charge in [0.05, 0.1) is 11.2 Å². The van der Waals surface area contributed by atoms with Gasteiger partial charge in [-0.3, -0.25) is 4.79 Å². The topological polar surface area (TPSA) is 44.1 Å². The zero-order valence-electron chi connectivity index (χ0n) is 20.2. The Balaban J connectivity index is 1.19. The molecule has 0 spiro atoms. The Morgan fingerprint density at radius 1 is 0.971 bits per heavy atom. The van der Waals surface area contributed by atoms with Crippen LogP contribution in [0.3, 0.4) is 0 Å². The predicted molar refractivity (Wildman–Crippen MR) is 136 cm³/mol. The molecule has 3 fully saturated rings. The zero-order valence-corrected chi connectivity index (χ0v) is 20.2. The second-order valence-corrected chi connectivity index (χ2v) is 10.2. The summed E-state index contributed by atoms with van der Waals surface area (Å²) in [5.41, 5.74) is 6.24. The van der Waals surface area contributed by atoms with Gasteiger partial charge in [0.25, 0.3) is 0 Å². The van der Waals surface area contributed by atoms with Crippen LogP contribution in [-0.2, 0) is 4.79 Å². The number of amides is 1. The van der Waals surface area contributed by atoms with Crippen LogP contribution in [0.25, 0.3) is 16.6 Å². The molecule has 0 radical (unpaired) electrons. The number of aromatic nitrogens is 2. The van der Waals surface area contributed by atoms with Crippen LogP contribution in [0.15, 0.2) is 48.8 Å². The maximum absolute atomic E-state index is 12.4. The fraction of sp³-hybridized carbons (Fsp3) is 0.500. The van der Waals surface area contributed by atoms with Crippen molar-refractivity contribution in [3.63, 3.8) is 0 Å². The van der Waals surface area contributed by atoms with Crippen LogP contribution in [0.5, 0.6) is 0 Å². The van der Waals surface area contributed by atoms with E-state index in [-0.39, 0.29) is 0 Å². The van der Waals surface area contributed by atoms with Crippen LogP contribution in [0.4, 0.5) is 5.69 Å². The van der Waals surface area contributed by atoms with Crippen molar-refractivity contribution < 1.29 is 4.79 Å². The fourth-order valence-electron chi connectivity index (χ4n) is 5.74. The van der Waals surface area contributed by atoms with Gasteiger partial charge in [0, 0.05) is 56.6 Å². The second-order valence-electron chi connectivity index (χ2n) is 10.2. The summed E-state index contributed by atoms with van der Waals surface area (Å²) in [6.45, 7) is 9.21. The first kappa shape index (κ1) is 21.7. The lowest BCUT2D eigenvalue weighted by atomic mass is 9.90. The standard InChI is InChI=1S/C28H35N5O/c1-2-30-13-3-4-24(19-30)21-5-7-22(8-6-21)25-18-27-26(11-12-29-33(27)20-25)31-14-16-32(17-15-31)28(34)23-9-10-23/h5-8,11-12,18,20,23-24H,2-4,9-10,13-17,19H2,1H3/t24-/m0/s1. The van der Waals surface area contributed by atoms with Gasteiger partial charge in [-0.2, -0.15) is 5.10 Å². The summed E-state index contributed by atoms with van der Waals surface area (Å²) < 4.78 is 2.00. The normalized spacial score (nSPS) is 21.9.